The van der Waals surface area contributed by atoms with Gasteiger partial charge < -0.3 is 10.5 Å². The van der Waals surface area contributed by atoms with Crippen LogP contribution in [-0.4, -0.2) is 27.4 Å². The molecule has 1 atom stereocenters. The van der Waals surface area contributed by atoms with E-state index < -0.39 is 22.5 Å². The largest absolute Gasteiger partial charge is 0.345 e. The summed E-state index contributed by atoms with van der Waals surface area (Å²) in [5.74, 6) is 0.00684. The predicted molar refractivity (Wildman–Crippen MR) is 63.1 cm³/mol. The van der Waals surface area contributed by atoms with Gasteiger partial charge in [-0.15, -0.1) is 0 Å². The summed E-state index contributed by atoms with van der Waals surface area (Å²) in [6.07, 6.45) is 0. The van der Waals surface area contributed by atoms with Crippen LogP contribution in [0.1, 0.15) is 18.5 Å². The van der Waals surface area contributed by atoms with E-state index >= 15 is 0 Å². The molecule has 2 N–H and O–H groups in total. The SMILES string of the molecule is CCS(=O)(=O)c1ccc(C(N)COC(F)F)cc1. The van der Waals surface area contributed by atoms with Crippen molar-refractivity contribution in [2.75, 3.05) is 12.4 Å². The molecule has 0 bridgehead atoms. The van der Waals surface area contributed by atoms with Crippen molar-refractivity contribution in [1.29, 1.82) is 0 Å². The van der Waals surface area contributed by atoms with Crippen LogP contribution in [0.5, 0.6) is 0 Å². The van der Waals surface area contributed by atoms with Gasteiger partial charge in [0.1, 0.15) is 0 Å². The van der Waals surface area contributed by atoms with Crippen LogP contribution in [0.2, 0.25) is 0 Å². The highest BCUT2D eigenvalue weighted by molar-refractivity contribution is 7.91. The van der Waals surface area contributed by atoms with Crippen LogP contribution in [-0.2, 0) is 14.6 Å². The zero-order chi connectivity index (χ0) is 13.8. The molecule has 0 aromatic heterocycles. The second-order valence-electron chi connectivity index (χ2n) is 3.67. The van der Waals surface area contributed by atoms with E-state index in [1.54, 1.807) is 6.92 Å². The summed E-state index contributed by atoms with van der Waals surface area (Å²) in [5.41, 5.74) is 6.17. The lowest BCUT2D eigenvalue weighted by atomic mass is 10.1. The van der Waals surface area contributed by atoms with Crippen molar-refractivity contribution in [3.8, 4) is 0 Å². The normalized spacial score (nSPS) is 13.8. The van der Waals surface area contributed by atoms with Crippen LogP contribution >= 0.6 is 0 Å². The number of nitrogens with two attached hydrogens (primary N) is 1. The number of alkyl halides is 2. The number of halogens is 2. The Balaban J connectivity index is 2.77. The van der Waals surface area contributed by atoms with E-state index in [2.05, 4.69) is 4.74 Å². The Labute approximate surface area is 105 Å². The molecule has 0 aliphatic carbocycles. The number of benzene rings is 1. The molecule has 0 amide bonds. The fraction of sp³-hybridized carbons (Fsp3) is 0.455. The Hall–Kier alpha value is -1.05. The van der Waals surface area contributed by atoms with Crippen LogP contribution in [0.4, 0.5) is 8.78 Å². The van der Waals surface area contributed by atoms with E-state index in [9.17, 15) is 17.2 Å². The number of hydrogen-bond acceptors (Lipinski definition) is 4. The lowest BCUT2D eigenvalue weighted by Crippen LogP contribution is -2.19. The molecule has 1 unspecified atom stereocenters. The zero-order valence-electron chi connectivity index (χ0n) is 9.84. The Morgan fingerprint density at radius 2 is 1.83 bits per heavy atom. The molecule has 102 valence electrons. The summed E-state index contributed by atoms with van der Waals surface area (Å²) in [6.45, 7) is -1.64. The minimum absolute atomic E-state index is 0.00684. The maximum Gasteiger partial charge on any atom is 0.345 e. The molecule has 0 spiro atoms. The molecule has 0 radical (unpaired) electrons. The quantitative estimate of drug-likeness (QED) is 0.860. The van der Waals surface area contributed by atoms with E-state index in [0.717, 1.165) is 0 Å². The molecule has 1 aromatic carbocycles. The molecule has 0 aliphatic rings. The van der Waals surface area contributed by atoms with Gasteiger partial charge in [-0.25, -0.2) is 8.42 Å². The maximum atomic E-state index is 11.8. The van der Waals surface area contributed by atoms with Crippen molar-refractivity contribution in [1.82, 2.24) is 0 Å². The van der Waals surface area contributed by atoms with Crippen LogP contribution in [0.3, 0.4) is 0 Å². The van der Waals surface area contributed by atoms with Crippen molar-refractivity contribution in [3.05, 3.63) is 29.8 Å². The van der Waals surface area contributed by atoms with Gasteiger partial charge in [0.25, 0.3) is 0 Å². The van der Waals surface area contributed by atoms with E-state index in [4.69, 9.17) is 5.73 Å². The molecular weight excluding hydrogens is 264 g/mol. The molecule has 0 aliphatic heterocycles. The van der Waals surface area contributed by atoms with Crippen molar-refractivity contribution in [3.63, 3.8) is 0 Å². The lowest BCUT2D eigenvalue weighted by Gasteiger charge is -2.12. The first-order chi connectivity index (χ1) is 8.36. The van der Waals surface area contributed by atoms with Crippen LogP contribution in [0.25, 0.3) is 0 Å². The van der Waals surface area contributed by atoms with E-state index in [0.29, 0.717) is 5.56 Å². The minimum atomic E-state index is -3.26. The Bertz CT molecular complexity index is 474. The monoisotopic (exact) mass is 279 g/mol. The second kappa shape index (κ2) is 6.21. The fourth-order valence-electron chi connectivity index (χ4n) is 1.36. The van der Waals surface area contributed by atoms with Gasteiger partial charge in [-0.3, -0.25) is 0 Å². The van der Waals surface area contributed by atoms with E-state index in [1.807, 2.05) is 0 Å². The summed E-state index contributed by atoms with van der Waals surface area (Å²) in [6, 6.07) is 5.12. The van der Waals surface area contributed by atoms with Crippen molar-refractivity contribution >= 4 is 9.84 Å². The molecule has 18 heavy (non-hydrogen) atoms. The lowest BCUT2D eigenvalue weighted by molar-refractivity contribution is -0.132. The highest BCUT2D eigenvalue weighted by atomic mass is 32.2. The van der Waals surface area contributed by atoms with Crippen molar-refractivity contribution < 1.29 is 21.9 Å². The molecule has 0 saturated heterocycles. The fourth-order valence-corrected chi connectivity index (χ4v) is 2.25. The first kappa shape index (κ1) is 15.0. The second-order valence-corrected chi connectivity index (χ2v) is 5.95. The predicted octanol–water partition coefficient (Wildman–Crippen LogP) is 1.72. The minimum Gasteiger partial charge on any atom is -0.322 e. The molecule has 4 nitrogen and oxygen atoms in total. The van der Waals surface area contributed by atoms with E-state index in [1.165, 1.54) is 24.3 Å². The van der Waals surface area contributed by atoms with E-state index in [-0.39, 0.29) is 17.3 Å². The smallest absolute Gasteiger partial charge is 0.322 e. The van der Waals surface area contributed by atoms with Gasteiger partial charge in [0, 0.05) is 0 Å². The van der Waals surface area contributed by atoms with Crippen molar-refractivity contribution in [2.45, 2.75) is 24.5 Å². The summed E-state index contributed by atoms with van der Waals surface area (Å²) in [4.78, 5) is 0.190. The number of rotatable bonds is 6. The highest BCUT2D eigenvalue weighted by Crippen LogP contribution is 2.17. The third-order valence-electron chi connectivity index (χ3n) is 2.45. The molecular formula is C11H15F2NO3S. The van der Waals surface area contributed by atoms with Crippen LogP contribution in [0.15, 0.2) is 29.2 Å². The molecule has 1 aromatic rings. The molecule has 0 saturated carbocycles. The maximum absolute atomic E-state index is 11.8. The van der Waals surface area contributed by atoms with Gasteiger partial charge in [-0.2, -0.15) is 8.78 Å². The van der Waals surface area contributed by atoms with Gasteiger partial charge in [-0.05, 0) is 17.7 Å². The average Bonchev–Trinajstić information content (AvgIpc) is 2.36. The number of sulfone groups is 1. The first-order valence-corrected chi connectivity index (χ1v) is 7.00. The van der Waals surface area contributed by atoms with Crippen molar-refractivity contribution in [2.24, 2.45) is 5.73 Å². The Morgan fingerprint density at radius 1 is 1.28 bits per heavy atom. The summed E-state index contributed by atoms with van der Waals surface area (Å²) in [7, 11) is -3.26. The zero-order valence-corrected chi connectivity index (χ0v) is 10.7. The molecule has 0 heterocycles. The summed E-state index contributed by atoms with van der Waals surface area (Å²) in [5, 5.41) is 0. The van der Waals surface area contributed by atoms with Gasteiger partial charge in [-0.1, -0.05) is 19.1 Å². The third kappa shape index (κ3) is 4.01. The summed E-state index contributed by atoms with van der Waals surface area (Å²) < 4.78 is 50.8. The highest BCUT2D eigenvalue weighted by Gasteiger charge is 2.13. The van der Waals surface area contributed by atoms with Gasteiger partial charge >= 0.3 is 6.61 Å². The van der Waals surface area contributed by atoms with Gasteiger partial charge in [0.05, 0.1) is 23.3 Å². The standard InChI is InChI=1S/C11H15F2NO3S/c1-2-18(15,16)9-5-3-8(4-6-9)10(14)7-17-11(12)13/h3-6,10-11H,2,7,14H2,1H3. The summed E-state index contributed by atoms with van der Waals surface area (Å²) >= 11 is 0. The Morgan fingerprint density at radius 3 is 2.28 bits per heavy atom. The van der Waals surface area contributed by atoms with Crippen LogP contribution < -0.4 is 5.73 Å². The molecule has 1 rings (SSSR count). The number of ether oxygens (including phenoxy) is 1. The topological polar surface area (TPSA) is 69.4 Å². The molecule has 0 fully saturated rings. The number of hydrogen-bond donors (Lipinski definition) is 1. The third-order valence-corrected chi connectivity index (χ3v) is 4.20. The molecule has 7 heteroatoms. The van der Waals surface area contributed by atoms with Crippen LogP contribution in [0, 0.1) is 0 Å². The average molecular weight is 279 g/mol. The Kier molecular flexibility index (Phi) is 5.18. The van der Waals surface area contributed by atoms with Gasteiger partial charge in [0.15, 0.2) is 9.84 Å². The first-order valence-electron chi connectivity index (χ1n) is 5.35. The van der Waals surface area contributed by atoms with Gasteiger partial charge in [0.2, 0.25) is 0 Å².